The van der Waals surface area contributed by atoms with Crippen molar-refractivity contribution in [3.63, 3.8) is 0 Å². The summed E-state index contributed by atoms with van der Waals surface area (Å²) in [5.41, 5.74) is 0.939. The molecule has 2 aliphatic carbocycles. The van der Waals surface area contributed by atoms with Gasteiger partial charge in [0.1, 0.15) is 0 Å². The largest absolute Gasteiger partial charge is 0.466 e. The summed E-state index contributed by atoms with van der Waals surface area (Å²) in [6.07, 6.45) is 4.68. The van der Waals surface area contributed by atoms with Gasteiger partial charge in [0.15, 0.2) is 0 Å². The fourth-order valence-corrected chi connectivity index (χ4v) is 2.27. The lowest BCUT2D eigenvalue weighted by Crippen LogP contribution is -2.17. The smallest absolute Gasteiger partial charge is 0.334 e. The number of ether oxygens (including phenoxy) is 2. The van der Waals surface area contributed by atoms with Crippen molar-refractivity contribution in [3.8, 4) is 0 Å². The van der Waals surface area contributed by atoms with E-state index in [2.05, 4.69) is 9.47 Å². The minimum atomic E-state index is -0.424. The normalized spacial score (nSPS) is 27.1. The Balaban J connectivity index is 2.40. The molecule has 0 amide bonds. The quantitative estimate of drug-likeness (QED) is 0.498. The van der Waals surface area contributed by atoms with Gasteiger partial charge in [-0.05, 0) is 6.42 Å². The van der Waals surface area contributed by atoms with Gasteiger partial charge in [0.05, 0.1) is 25.4 Å². The van der Waals surface area contributed by atoms with Crippen LogP contribution in [0.3, 0.4) is 0 Å². The molecule has 2 bridgehead atoms. The van der Waals surface area contributed by atoms with Crippen molar-refractivity contribution >= 4 is 11.9 Å². The summed E-state index contributed by atoms with van der Waals surface area (Å²) in [5.74, 6) is -0.799. The zero-order chi connectivity index (χ0) is 11.0. The highest BCUT2D eigenvalue weighted by molar-refractivity contribution is 6.03. The third kappa shape index (κ3) is 1.37. The van der Waals surface area contributed by atoms with Crippen LogP contribution in [0.2, 0.25) is 0 Å². The molecule has 4 nitrogen and oxygen atoms in total. The van der Waals surface area contributed by atoms with Crippen LogP contribution in [-0.4, -0.2) is 26.2 Å². The van der Waals surface area contributed by atoms with Crippen molar-refractivity contribution in [3.05, 3.63) is 23.3 Å². The van der Waals surface area contributed by atoms with Gasteiger partial charge in [-0.1, -0.05) is 12.2 Å². The maximum atomic E-state index is 11.5. The maximum Gasteiger partial charge on any atom is 0.334 e. The highest BCUT2D eigenvalue weighted by atomic mass is 16.5. The average Bonchev–Trinajstić information content (AvgIpc) is 2.86. The molecule has 0 unspecified atom stereocenters. The minimum absolute atomic E-state index is 0.0246. The fraction of sp³-hybridized carbons (Fsp3) is 0.455. The second-order valence-corrected chi connectivity index (χ2v) is 3.64. The lowest BCUT2D eigenvalue weighted by molar-refractivity contribution is -0.139. The number of allylic oxidation sites excluding steroid dienone is 2. The van der Waals surface area contributed by atoms with Gasteiger partial charge in [-0.2, -0.15) is 0 Å². The van der Waals surface area contributed by atoms with Crippen molar-refractivity contribution in [1.82, 2.24) is 0 Å². The van der Waals surface area contributed by atoms with Crippen LogP contribution in [0, 0.1) is 11.8 Å². The molecule has 2 aliphatic rings. The van der Waals surface area contributed by atoms with Crippen molar-refractivity contribution in [2.45, 2.75) is 6.42 Å². The van der Waals surface area contributed by atoms with Gasteiger partial charge in [0.25, 0.3) is 0 Å². The van der Waals surface area contributed by atoms with E-state index < -0.39 is 11.9 Å². The van der Waals surface area contributed by atoms with Crippen molar-refractivity contribution in [1.29, 1.82) is 0 Å². The Labute approximate surface area is 87.5 Å². The SMILES string of the molecule is COC(=O)C1=C(C(=O)OC)[C@H]2C=C[C@H]1C2. The Morgan fingerprint density at radius 1 is 1.07 bits per heavy atom. The lowest BCUT2D eigenvalue weighted by atomic mass is 9.97. The zero-order valence-electron chi connectivity index (χ0n) is 8.65. The molecular formula is C11H12O4. The first kappa shape index (κ1) is 9.96. The van der Waals surface area contributed by atoms with Crippen molar-refractivity contribution in [2.75, 3.05) is 14.2 Å². The summed E-state index contributed by atoms with van der Waals surface area (Å²) in [4.78, 5) is 23.0. The van der Waals surface area contributed by atoms with Crippen molar-refractivity contribution in [2.24, 2.45) is 11.8 Å². The number of esters is 2. The van der Waals surface area contributed by atoms with Crippen LogP contribution in [0.4, 0.5) is 0 Å². The van der Waals surface area contributed by atoms with Gasteiger partial charge in [-0.15, -0.1) is 0 Å². The molecule has 0 saturated heterocycles. The summed E-state index contributed by atoms with van der Waals surface area (Å²) in [6, 6.07) is 0. The second kappa shape index (κ2) is 3.53. The molecule has 0 spiro atoms. The number of hydrogen-bond acceptors (Lipinski definition) is 4. The molecule has 4 heteroatoms. The minimum Gasteiger partial charge on any atom is -0.466 e. The molecule has 15 heavy (non-hydrogen) atoms. The van der Waals surface area contributed by atoms with E-state index in [1.54, 1.807) is 0 Å². The Morgan fingerprint density at radius 2 is 1.47 bits per heavy atom. The number of hydrogen-bond donors (Lipinski definition) is 0. The van der Waals surface area contributed by atoms with E-state index in [4.69, 9.17) is 0 Å². The molecule has 2 atom stereocenters. The monoisotopic (exact) mass is 208 g/mol. The summed E-state index contributed by atoms with van der Waals surface area (Å²) in [6.45, 7) is 0. The molecule has 0 aromatic carbocycles. The van der Waals surface area contributed by atoms with Crippen LogP contribution in [0.15, 0.2) is 23.3 Å². The number of carbonyl (C=O) groups excluding carboxylic acids is 2. The van der Waals surface area contributed by atoms with Gasteiger partial charge in [0.2, 0.25) is 0 Å². The van der Waals surface area contributed by atoms with Crippen LogP contribution in [-0.2, 0) is 19.1 Å². The number of carbonyl (C=O) groups is 2. The third-order valence-electron chi connectivity index (χ3n) is 2.93. The zero-order valence-corrected chi connectivity index (χ0v) is 8.65. The highest BCUT2D eigenvalue weighted by Crippen LogP contribution is 2.44. The maximum absolute atomic E-state index is 11.5. The molecule has 0 fully saturated rings. The van der Waals surface area contributed by atoms with Gasteiger partial charge in [-0.25, -0.2) is 9.59 Å². The first-order valence-electron chi connectivity index (χ1n) is 4.78. The lowest BCUT2D eigenvalue weighted by Gasteiger charge is -2.12. The van der Waals surface area contributed by atoms with Crippen molar-refractivity contribution < 1.29 is 19.1 Å². The standard InChI is InChI=1S/C11H12O4/c1-14-10(12)8-6-3-4-7(5-6)9(8)11(13)15-2/h3-4,6-7H,5H2,1-2H3/t6-,7-/m0/s1. The highest BCUT2D eigenvalue weighted by Gasteiger charge is 2.42. The van der Waals surface area contributed by atoms with E-state index in [0.29, 0.717) is 11.1 Å². The van der Waals surface area contributed by atoms with Crippen LogP contribution in [0.25, 0.3) is 0 Å². The number of fused-ring (bicyclic) bond motifs is 2. The molecular weight excluding hydrogens is 196 g/mol. The third-order valence-corrected chi connectivity index (χ3v) is 2.93. The molecule has 0 aromatic rings. The summed E-state index contributed by atoms with van der Waals surface area (Å²) in [5, 5.41) is 0. The van der Waals surface area contributed by atoms with Crippen LogP contribution in [0.1, 0.15) is 6.42 Å². The van der Waals surface area contributed by atoms with Crippen LogP contribution < -0.4 is 0 Å². The topological polar surface area (TPSA) is 52.6 Å². The molecule has 0 aromatic heterocycles. The first-order chi connectivity index (χ1) is 7.19. The van der Waals surface area contributed by atoms with E-state index in [1.807, 2.05) is 12.2 Å². The molecule has 80 valence electrons. The van der Waals surface area contributed by atoms with E-state index in [9.17, 15) is 9.59 Å². The number of rotatable bonds is 2. The van der Waals surface area contributed by atoms with Crippen LogP contribution >= 0.6 is 0 Å². The molecule has 0 radical (unpaired) electrons. The first-order valence-corrected chi connectivity index (χ1v) is 4.78. The van der Waals surface area contributed by atoms with E-state index >= 15 is 0 Å². The predicted molar refractivity (Wildman–Crippen MR) is 51.8 cm³/mol. The average molecular weight is 208 g/mol. The Bertz CT molecular complexity index is 344. The van der Waals surface area contributed by atoms with E-state index in [0.717, 1.165) is 6.42 Å². The summed E-state index contributed by atoms with van der Waals surface area (Å²) < 4.78 is 9.35. The van der Waals surface area contributed by atoms with Gasteiger partial charge >= 0.3 is 11.9 Å². The predicted octanol–water partition coefficient (Wildman–Crippen LogP) is 0.835. The molecule has 2 rings (SSSR count). The Hall–Kier alpha value is -1.58. The summed E-state index contributed by atoms with van der Waals surface area (Å²) >= 11 is 0. The van der Waals surface area contributed by atoms with Crippen LogP contribution in [0.5, 0.6) is 0 Å². The molecule has 0 saturated carbocycles. The van der Waals surface area contributed by atoms with Gasteiger partial charge in [-0.3, -0.25) is 0 Å². The van der Waals surface area contributed by atoms with Gasteiger partial charge < -0.3 is 9.47 Å². The Kier molecular flexibility index (Phi) is 2.34. The Morgan fingerprint density at radius 3 is 1.80 bits per heavy atom. The van der Waals surface area contributed by atoms with E-state index in [1.165, 1.54) is 14.2 Å². The molecule has 0 aliphatic heterocycles. The molecule has 0 N–H and O–H groups in total. The van der Waals surface area contributed by atoms with E-state index in [-0.39, 0.29) is 11.8 Å². The van der Waals surface area contributed by atoms with Gasteiger partial charge in [0, 0.05) is 11.8 Å². The number of methoxy groups -OCH3 is 2. The summed E-state index contributed by atoms with van der Waals surface area (Å²) in [7, 11) is 2.64. The fourth-order valence-electron chi connectivity index (χ4n) is 2.27. The molecule has 0 heterocycles. The second-order valence-electron chi connectivity index (χ2n) is 3.64.